The predicted octanol–water partition coefficient (Wildman–Crippen LogP) is -0.393. The molecule has 0 aliphatic rings. The fourth-order valence-electron chi connectivity index (χ4n) is 0.0577. The molecular weight excluding hydrogens is 80.0 g/mol. The van der Waals surface area contributed by atoms with Crippen LogP contribution < -0.4 is 0 Å². The van der Waals surface area contributed by atoms with Gasteiger partial charge in [0.15, 0.2) is 0 Å². The van der Waals surface area contributed by atoms with Crippen LogP contribution in [0.15, 0.2) is 0 Å². The van der Waals surface area contributed by atoms with Gasteiger partial charge in [-0.2, -0.15) is 0 Å². The van der Waals surface area contributed by atoms with E-state index in [0.717, 1.165) is 0 Å². The maximum absolute atomic E-state index is 8.25. The van der Waals surface area contributed by atoms with E-state index in [-0.39, 0.29) is 26.0 Å². The first kappa shape index (κ1) is 4.09. The van der Waals surface area contributed by atoms with Gasteiger partial charge in [0.05, 0.1) is 0 Å². The number of aliphatic hydroxyl groups is 2. The van der Waals surface area contributed by atoms with Crippen LogP contribution in [-0.4, -0.2) is 23.4 Å². The zero-order chi connectivity index (χ0) is 5.70. The molecule has 38 valence electrons. The Morgan fingerprint density at radius 3 is 2.17 bits per heavy atom. The molecule has 0 aromatic rings. The summed E-state index contributed by atoms with van der Waals surface area (Å²) in [5.41, 5.74) is 0. The maximum atomic E-state index is 8.25. The van der Waals surface area contributed by atoms with Gasteiger partial charge in [-0.3, -0.25) is 0 Å². The standard InChI is InChI=1S/C4H10O2/c1-4(2-5)3-6/h4-6H,2-3H2,1H3/i1D. The number of aliphatic hydroxyl groups excluding tert-OH is 2. The van der Waals surface area contributed by atoms with Crippen LogP contribution in [0.5, 0.6) is 0 Å². The second kappa shape index (κ2) is 3.12. The highest BCUT2D eigenvalue weighted by atomic mass is 16.3. The molecule has 0 fully saturated rings. The highest BCUT2D eigenvalue weighted by Crippen LogP contribution is 1.85. The van der Waals surface area contributed by atoms with Crippen LogP contribution in [-0.2, 0) is 0 Å². The molecular formula is C4H10O2. The maximum Gasteiger partial charge on any atom is 0.0478 e. The second-order valence-electron chi connectivity index (χ2n) is 1.23. The van der Waals surface area contributed by atoms with E-state index >= 15 is 0 Å². The molecule has 0 aliphatic carbocycles. The first-order valence-corrected chi connectivity index (χ1v) is 1.86. The van der Waals surface area contributed by atoms with Gasteiger partial charge < -0.3 is 10.2 Å². The summed E-state index contributed by atoms with van der Waals surface area (Å²) < 4.78 is 6.64. The van der Waals surface area contributed by atoms with E-state index in [0.29, 0.717) is 0 Å². The van der Waals surface area contributed by atoms with Gasteiger partial charge in [-0.15, -0.1) is 0 Å². The van der Waals surface area contributed by atoms with Crippen LogP contribution in [0.3, 0.4) is 0 Å². The van der Waals surface area contributed by atoms with Crippen LogP contribution in [0.1, 0.15) is 8.27 Å². The van der Waals surface area contributed by atoms with Gasteiger partial charge in [-0.05, 0) is 0 Å². The van der Waals surface area contributed by atoms with E-state index < -0.39 is 0 Å². The quantitative estimate of drug-likeness (QED) is 0.485. The first-order chi connectivity index (χ1) is 3.35. The van der Waals surface area contributed by atoms with E-state index in [1.807, 2.05) is 0 Å². The van der Waals surface area contributed by atoms with Crippen molar-refractivity contribution >= 4 is 0 Å². The normalized spacial score (nSPS) is 12.2. The average Bonchev–Trinajstić information content (AvgIpc) is 1.72. The summed E-state index contributed by atoms with van der Waals surface area (Å²) in [6.45, 7) is -0.0625. The van der Waals surface area contributed by atoms with Crippen molar-refractivity contribution in [3.05, 3.63) is 0 Å². The van der Waals surface area contributed by atoms with Gasteiger partial charge in [0.2, 0.25) is 0 Å². The minimum Gasteiger partial charge on any atom is -0.396 e. The predicted molar refractivity (Wildman–Crippen MR) is 23.3 cm³/mol. The largest absolute Gasteiger partial charge is 0.396 e. The summed E-state index contributed by atoms with van der Waals surface area (Å²) in [5.74, 6) is -0.236. The average molecular weight is 91.1 g/mol. The van der Waals surface area contributed by atoms with E-state index in [4.69, 9.17) is 11.6 Å². The topological polar surface area (TPSA) is 40.5 Å². The van der Waals surface area contributed by atoms with Crippen LogP contribution in [0.25, 0.3) is 0 Å². The van der Waals surface area contributed by atoms with Crippen molar-refractivity contribution in [1.82, 2.24) is 0 Å². The van der Waals surface area contributed by atoms with Crippen molar-refractivity contribution in [2.45, 2.75) is 6.90 Å². The third-order valence-electron chi connectivity index (χ3n) is 0.516. The third kappa shape index (κ3) is 2.18. The zero-order valence-corrected chi connectivity index (χ0v) is 3.59. The van der Waals surface area contributed by atoms with Crippen LogP contribution in [0.4, 0.5) is 0 Å². The molecule has 0 saturated carbocycles. The van der Waals surface area contributed by atoms with Crippen molar-refractivity contribution in [2.75, 3.05) is 13.2 Å². The monoisotopic (exact) mass is 91.1 g/mol. The Labute approximate surface area is 38.8 Å². The van der Waals surface area contributed by atoms with Crippen molar-refractivity contribution in [1.29, 1.82) is 0 Å². The fourth-order valence-corrected chi connectivity index (χ4v) is 0.0577. The van der Waals surface area contributed by atoms with E-state index in [9.17, 15) is 0 Å². The molecule has 0 saturated heterocycles. The molecule has 2 nitrogen and oxygen atoms in total. The van der Waals surface area contributed by atoms with Crippen molar-refractivity contribution in [3.63, 3.8) is 0 Å². The van der Waals surface area contributed by atoms with Gasteiger partial charge in [-0.1, -0.05) is 6.90 Å². The summed E-state index contributed by atoms with van der Waals surface area (Å²) in [4.78, 5) is 0. The Kier molecular flexibility index (Phi) is 2.13. The SMILES string of the molecule is [2H]CC(CO)CO. The smallest absolute Gasteiger partial charge is 0.0478 e. The van der Waals surface area contributed by atoms with Crippen molar-refractivity contribution < 1.29 is 11.6 Å². The van der Waals surface area contributed by atoms with E-state index in [2.05, 4.69) is 0 Å². The molecule has 0 heterocycles. The Morgan fingerprint density at radius 1 is 1.67 bits per heavy atom. The molecule has 0 unspecified atom stereocenters. The molecule has 0 aliphatic heterocycles. The molecule has 0 radical (unpaired) electrons. The van der Waals surface area contributed by atoms with Crippen molar-refractivity contribution in [2.24, 2.45) is 5.92 Å². The highest BCUT2D eigenvalue weighted by Gasteiger charge is 1.91. The Balaban J connectivity index is 2.99. The zero-order valence-electron chi connectivity index (χ0n) is 4.59. The lowest BCUT2D eigenvalue weighted by Gasteiger charge is -1.97. The highest BCUT2D eigenvalue weighted by molar-refractivity contribution is 4.41. The number of hydrogen-bond donors (Lipinski definition) is 2. The van der Waals surface area contributed by atoms with Crippen LogP contribution in [0.2, 0.25) is 0 Å². The molecule has 0 rings (SSSR count). The van der Waals surface area contributed by atoms with Gasteiger partial charge in [0, 0.05) is 20.5 Å². The molecule has 0 aromatic carbocycles. The Bertz CT molecular complexity index is 31.2. The van der Waals surface area contributed by atoms with Gasteiger partial charge in [0.1, 0.15) is 0 Å². The van der Waals surface area contributed by atoms with Crippen molar-refractivity contribution in [3.8, 4) is 0 Å². The number of rotatable bonds is 2. The summed E-state index contributed by atoms with van der Waals surface area (Å²) >= 11 is 0. The Hall–Kier alpha value is -0.0800. The van der Waals surface area contributed by atoms with Gasteiger partial charge >= 0.3 is 0 Å². The minimum absolute atomic E-state index is 0.0833. The fraction of sp³-hybridized carbons (Fsp3) is 1.00. The van der Waals surface area contributed by atoms with Gasteiger partial charge in [0.25, 0.3) is 0 Å². The summed E-state index contributed by atoms with van der Waals surface area (Å²) in [6, 6.07) is 0. The molecule has 2 N–H and O–H groups in total. The first-order valence-electron chi connectivity index (χ1n) is 2.56. The molecule has 0 atom stereocenters. The van der Waals surface area contributed by atoms with E-state index in [1.165, 1.54) is 0 Å². The second-order valence-corrected chi connectivity index (χ2v) is 1.23. The molecule has 0 spiro atoms. The lowest BCUT2D eigenvalue weighted by atomic mass is 10.2. The molecule has 2 heteroatoms. The van der Waals surface area contributed by atoms with Crippen LogP contribution >= 0.6 is 0 Å². The summed E-state index contributed by atoms with van der Waals surface area (Å²) in [5, 5.41) is 16.5. The Morgan fingerprint density at radius 2 is 2.17 bits per heavy atom. The van der Waals surface area contributed by atoms with Gasteiger partial charge in [-0.25, -0.2) is 0 Å². The van der Waals surface area contributed by atoms with E-state index in [1.54, 1.807) is 0 Å². The summed E-state index contributed by atoms with van der Waals surface area (Å²) in [7, 11) is 0. The minimum atomic E-state index is -0.236. The molecule has 0 aromatic heterocycles. The number of hydrogen-bond acceptors (Lipinski definition) is 2. The lowest BCUT2D eigenvalue weighted by Crippen LogP contribution is -2.04. The molecule has 0 amide bonds. The molecule has 6 heavy (non-hydrogen) atoms. The third-order valence-corrected chi connectivity index (χ3v) is 0.516. The molecule has 0 bridgehead atoms. The summed E-state index contributed by atoms with van der Waals surface area (Å²) in [6.07, 6.45) is 0. The lowest BCUT2D eigenvalue weighted by molar-refractivity contribution is 0.162. The van der Waals surface area contributed by atoms with Crippen LogP contribution in [0, 0.1) is 5.92 Å².